The van der Waals surface area contributed by atoms with Crippen molar-refractivity contribution in [2.45, 2.75) is 54.2 Å². The predicted octanol–water partition coefficient (Wildman–Crippen LogP) is 2.33. The summed E-state index contributed by atoms with van der Waals surface area (Å²) in [5, 5.41) is 14.0. The first kappa shape index (κ1) is 11.1. The lowest BCUT2D eigenvalue weighted by Gasteiger charge is -2.22. The van der Waals surface area contributed by atoms with Gasteiger partial charge in [-0.05, 0) is 32.1 Å². The monoisotopic (exact) mass is 249 g/mol. The standard InChI is InChI=1S/C12H15N3OS/c13-8-12(15-9-1-2-9)4-3-10(7-12)17-11-14-5-6-16-11/h5-6,9-10,15H,1-4,7H2. The number of nitrogens with one attached hydrogen (secondary N) is 1. The van der Waals surface area contributed by atoms with Crippen LogP contribution in [0, 0.1) is 11.3 Å². The molecule has 0 amide bonds. The van der Waals surface area contributed by atoms with Crippen LogP contribution >= 0.6 is 11.8 Å². The van der Waals surface area contributed by atoms with E-state index in [1.54, 1.807) is 24.2 Å². The minimum atomic E-state index is -0.300. The van der Waals surface area contributed by atoms with E-state index in [2.05, 4.69) is 16.4 Å². The van der Waals surface area contributed by atoms with Crippen LogP contribution in [0.2, 0.25) is 0 Å². The van der Waals surface area contributed by atoms with E-state index < -0.39 is 0 Å². The number of aromatic nitrogens is 1. The van der Waals surface area contributed by atoms with Crippen molar-refractivity contribution in [3.05, 3.63) is 12.5 Å². The summed E-state index contributed by atoms with van der Waals surface area (Å²) in [4.78, 5) is 4.12. The SMILES string of the molecule is N#CC1(NC2CC2)CCC(Sc2ncco2)C1. The van der Waals surface area contributed by atoms with Crippen LogP contribution in [0.5, 0.6) is 0 Å². The van der Waals surface area contributed by atoms with Gasteiger partial charge in [-0.2, -0.15) is 5.26 Å². The maximum Gasteiger partial charge on any atom is 0.255 e. The van der Waals surface area contributed by atoms with Crippen LogP contribution in [0.1, 0.15) is 32.1 Å². The minimum Gasteiger partial charge on any atom is -0.440 e. The van der Waals surface area contributed by atoms with Crippen molar-refractivity contribution in [3.8, 4) is 6.07 Å². The van der Waals surface area contributed by atoms with Gasteiger partial charge >= 0.3 is 0 Å². The van der Waals surface area contributed by atoms with Gasteiger partial charge in [0.1, 0.15) is 11.8 Å². The molecule has 0 radical (unpaired) electrons. The van der Waals surface area contributed by atoms with Gasteiger partial charge in [0.15, 0.2) is 0 Å². The van der Waals surface area contributed by atoms with Gasteiger partial charge in [-0.3, -0.25) is 5.32 Å². The van der Waals surface area contributed by atoms with Crippen molar-refractivity contribution in [3.63, 3.8) is 0 Å². The molecule has 2 fully saturated rings. The van der Waals surface area contributed by atoms with E-state index in [9.17, 15) is 5.26 Å². The van der Waals surface area contributed by atoms with E-state index >= 15 is 0 Å². The summed E-state index contributed by atoms with van der Waals surface area (Å²) in [6.45, 7) is 0. The summed E-state index contributed by atoms with van der Waals surface area (Å²) in [5.74, 6) is 0. The van der Waals surface area contributed by atoms with Crippen LogP contribution in [-0.2, 0) is 0 Å². The van der Waals surface area contributed by atoms with Crippen molar-refractivity contribution >= 4 is 11.8 Å². The zero-order valence-corrected chi connectivity index (χ0v) is 10.4. The lowest BCUT2D eigenvalue weighted by molar-refractivity contribution is 0.419. The highest BCUT2D eigenvalue weighted by atomic mass is 32.2. The topological polar surface area (TPSA) is 61.9 Å². The van der Waals surface area contributed by atoms with E-state index in [0.29, 0.717) is 11.3 Å². The van der Waals surface area contributed by atoms with Gasteiger partial charge in [0, 0.05) is 11.3 Å². The Kier molecular flexibility index (Phi) is 2.85. The zero-order valence-electron chi connectivity index (χ0n) is 9.56. The molecule has 0 aliphatic heterocycles. The molecule has 17 heavy (non-hydrogen) atoms. The van der Waals surface area contributed by atoms with E-state index in [0.717, 1.165) is 24.5 Å². The Hall–Kier alpha value is -0.990. The Morgan fingerprint density at radius 1 is 1.53 bits per heavy atom. The number of hydrogen-bond donors (Lipinski definition) is 1. The number of nitriles is 1. The maximum absolute atomic E-state index is 9.38. The van der Waals surface area contributed by atoms with E-state index in [1.165, 1.54) is 12.8 Å². The fraction of sp³-hybridized carbons (Fsp3) is 0.667. The second-order valence-corrected chi connectivity index (χ2v) is 6.14. The number of oxazole rings is 1. The lowest BCUT2D eigenvalue weighted by Crippen LogP contribution is -2.43. The molecule has 0 saturated heterocycles. The van der Waals surface area contributed by atoms with Gasteiger partial charge in [-0.1, -0.05) is 11.8 Å². The first-order valence-electron chi connectivity index (χ1n) is 6.05. The Morgan fingerprint density at radius 2 is 2.41 bits per heavy atom. The van der Waals surface area contributed by atoms with Crippen LogP contribution in [0.15, 0.2) is 22.1 Å². The van der Waals surface area contributed by atoms with Gasteiger partial charge < -0.3 is 4.42 Å². The number of nitrogens with zero attached hydrogens (tertiary/aromatic N) is 2. The van der Waals surface area contributed by atoms with Crippen molar-refractivity contribution < 1.29 is 4.42 Å². The molecule has 2 aliphatic carbocycles. The zero-order chi connectivity index (χ0) is 11.7. The van der Waals surface area contributed by atoms with E-state index in [-0.39, 0.29) is 5.54 Å². The van der Waals surface area contributed by atoms with Crippen molar-refractivity contribution in [2.75, 3.05) is 0 Å². The van der Waals surface area contributed by atoms with Gasteiger partial charge in [0.05, 0.1) is 12.3 Å². The summed E-state index contributed by atoms with van der Waals surface area (Å²) >= 11 is 1.65. The molecule has 5 heteroatoms. The smallest absolute Gasteiger partial charge is 0.255 e. The van der Waals surface area contributed by atoms with Crippen LogP contribution < -0.4 is 5.32 Å². The third-order valence-corrected chi connectivity index (χ3v) is 4.56. The minimum absolute atomic E-state index is 0.300. The number of hydrogen-bond acceptors (Lipinski definition) is 5. The lowest BCUT2D eigenvalue weighted by atomic mass is 10.00. The second-order valence-electron chi connectivity index (χ2n) is 4.89. The molecule has 0 spiro atoms. The van der Waals surface area contributed by atoms with Crippen molar-refractivity contribution in [1.82, 2.24) is 10.3 Å². The highest BCUT2D eigenvalue weighted by Crippen LogP contribution is 2.41. The normalized spacial score (nSPS) is 32.5. The number of rotatable bonds is 4. The molecule has 90 valence electrons. The maximum atomic E-state index is 9.38. The molecule has 2 saturated carbocycles. The third kappa shape index (κ3) is 2.48. The summed E-state index contributed by atoms with van der Waals surface area (Å²) in [6.07, 6.45) is 8.60. The molecule has 3 rings (SSSR count). The van der Waals surface area contributed by atoms with Crippen LogP contribution in [0.3, 0.4) is 0 Å². The first-order chi connectivity index (χ1) is 8.30. The third-order valence-electron chi connectivity index (χ3n) is 3.42. The van der Waals surface area contributed by atoms with Crippen molar-refractivity contribution in [1.29, 1.82) is 5.26 Å². The summed E-state index contributed by atoms with van der Waals surface area (Å²) in [5.41, 5.74) is -0.300. The Morgan fingerprint density at radius 3 is 3.06 bits per heavy atom. The predicted molar refractivity (Wildman–Crippen MR) is 64.5 cm³/mol. The average Bonchev–Trinajstić information content (AvgIpc) is 2.84. The quantitative estimate of drug-likeness (QED) is 0.887. The fourth-order valence-corrected chi connectivity index (χ4v) is 3.52. The molecule has 2 unspecified atom stereocenters. The number of thioether (sulfide) groups is 1. The van der Waals surface area contributed by atoms with Crippen LogP contribution in [0.25, 0.3) is 0 Å². The van der Waals surface area contributed by atoms with Crippen LogP contribution in [0.4, 0.5) is 0 Å². The van der Waals surface area contributed by atoms with Gasteiger partial charge in [-0.25, -0.2) is 4.98 Å². The Bertz CT molecular complexity index is 423. The second kappa shape index (κ2) is 4.35. The van der Waals surface area contributed by atoms with Crippen LogP contribution in [-0.4, -0.2) is 21.8 Å². The fourth-order valence-electron chi connectivity index (χ4n) is 2.40. The highest BCUT2D eigenvalue weighted by molar-refractivity contribution is 7.99. The van der Waals surface area contributed by atoms with E-state index in [4.69, 9.17) is 4.42 Å². The molecule has 1 heterocycles. The van der Waals surface area contributed by atoms with Gasteiger partial charge in [0.2, 0.25) is 0 Å². The summed E-state index contributed by atoms with van der Waals surface area (Å²) in [7, 11) is 0. The largest absolute Gasteiger partial charge is 0.440 e. The first-order valence-corrected chi connectivity index (χ1v) is 6.93. The molecule has 0 aromatic carbocycles. The van der Waals surface area contributed by atoms with Gasteiger partial charge in [0.25, 0.3) is 5.22 Å². The highest BCUT2D eigenvalue weighted by Gasteiger charge is 2.43. The molecule has 1 N–H and O–H groups in total. The molecular formula is C12H15N3OS. The molecule has 4 nitrogen and oxygen atoms in total. The average molecular weight is 249 g/mol. The Balaban J connectivity index is 1.61. The molecule has 2 atom stereocenters. The van der Waals surface area contributed by atoms with E-state index in [1.807, 2.05) is 0 Å². The summed E-state index contributed by atoms with van der Waals surface area (Å²) < 4.78 is 5.24. The summed E-state index contributed by atoms with van der Waals surface area (Å²) in [6, 6.07) is 3.07. The Labute approximate surface area is 105 Å². The molecule has 1 aromatic rings. The molecule has 0 bridgehead atoms. The van der Waals surface area contributed by atoms with Gasteiger partial charge in [-0.15, -0.1) is 0 Å². The molecular weight excluding hydrogens is 234 g/mol. The molecule has 2 aliphatic rings. The molecule has 1 aromatic heterocycles. The van der Waals surface area contributed by atoms with Crippen molar-refractivity contribution in [2.24, 2.45) is 0 Å².